The molecule has 10 nitrogen and oxygen atoms in total. The van der Waals surface area contributed by atoms with Crippen molar-refractivity contribution in [1.82, 2.24) is 14.7 Å². The van der Waals surface area contributed by atoms with E-state index < -0.39 is 18.3 Å². The van der Waals surface area contributed by atoms with E-state index in [1.807, 2.05) is 6.07 Å². The first-order valence-electron chi connectivity index (χ1n) is 10.6. The van der Waals surface area contributed by atoms with Crippen molar-refractivity contribution in [1.29, 1.82) is 0 Å². The van der Waals surface area contributed by atoms with Gasteiger partial charge in [0.1, 0.15) is 17.4 Å². The number of hydrogen-bond acceptors (Lipinski definition) is 8. The van der Waals surface area contributed by atoms with Crippen molar-refractivity contribution in [2.45, 2.75) is 24.0 Å². The van der Waals surface area contributed by atoms with Crippen molar-refractivity contribution in [2.75, 3.05) is 30.3 Å². The molecule has 2 aromatic heterocycles. The number of imidazole rings is 1. The number of ether oxygens (including phenoxy) is 1. The van der Waals surface area contributed by atoms with E-state index in [9.17, 15) is 19.5 Å². The second-order valence-electron chi connectivity index (χ2n) is 7.81. The molecule has 2 amide bonds. The Kier molecular flexibility index (Phi) is 7.15. The van der Waals surface area contributed by atoms with Gasteiger partial charge in [-0.25, -0.2) is 9.78 Å². The zero-order valence-corrected chi connectivity index (χ0v) is 19.2. The predicted octanol–water partition coefficient (Wildman–Crippen LogP) is 1.47. The SMILES string of the molecule is CC(=O)NC[C@H]1CN(c2ccc(C(=O)c3cnc4ccc(SCC(O)CO)cn34)cc2)C(=O)O1. The van der Waals surface area contributed by atoms with Crippen LogP contribution in [0.25, 0.3) is 5.65 Å². The van der Waals surface area contributed by atoms with Gasteiger partial charge in [-0.05, 0) is 36.4 Å². The topological polar surface area (TPSA) is 133 Å². The summed E-state index contributed by atoms with van der Waals surface area (Å²) in [5.41, 5.74) is 2.01. The molecule has 2 atom stereocenters. The number of rotatable bonds is 9. The van der Waals surface area contributed by atoms with E-state index in [0.717, 1.165) is 4.90 Å². The normalized spacial score (nSPS) is 16.5. The predicted molar refractivity (Wildman–Crippen MR) is 125 cm³/mol. The molecule has 1 unspecified atom stereocenters. The number of hydrogen-bond donors (Lipinski definition) is 3. The van der Waals surface area contributed by atoms with Gasteiger partial charge in [0.15, 0.2) is 0 Å². The first-order chi connectivity index (χ1) is 16.4. The number of carbonyl (C=O) groups excluding carboxylic acids is 3. The number of anilines is 1. The molecule has 0 saturated carbocycles. The number of amides is 2. The third-order valence-electron chi connectivity index (χ3n) is 5.26. The molecular weight excluding hydrogens is 460 g/mol. The number of aliphatic hydroxyl groups excluding tert-OH is 2. The Hall–Kier alpha value is -3.41. The van der Waals surface area contributed by atoms with Crippen LogP contribution < -0.4 is 10.2 Å². The summed E-state index contributed by atoms with van der Waals surface area (Å²) in [5, 5.41) is 21.2. The minimum atomic E-state index is -0.823. The lowest BCUT2D eigenvalue weighted by molar-refractivity contribution is -0.119. The van der Waals surface area contributed by atoms with Gasteiger partial charge in [0.25, 0.3) is 0 Å². The highest BCUT2D eigenvalue weighted by Crippen LogP contribution is 2.24. The molecule has 1 aromatic carbocycles. The Morgan fingerprint density at radius 3 is 2.74 bits per heavy atom. The number of carbonyl (C=O) groups is 3. The van der Waals surface area contributed by atoms with E-state index in [2.05, 4.69) is 10.3 Å². The van der Waals surface area contributed by atoms with E-state index in [0.29, 0.717) is 34.9 Å². The summed E-state index contributed by atoms with van der Waals surface area (Å²) in [6, 6.07) is 10.3. The van der Waals surface area contributed by atoms with Crippen molar-refractivity contribution in [3.05, 3.63) is 60.0 Å². The molecule has 3 N–H and O–H groups in total. The highest BCUT2D eigenvalue weighted by Gasteiger charge is 2.32. The average Bonchev–Trinajstić information content (AvgIpc) is 3.43. The van der Waals surface area contributed by atoms with Gasteiger partial charge in [0.05, 0.1) is 32.0 Å². The van der Waals surface area contributed by atoms with Crippen LogP contribution in [-0.2, 0) is 9.53 Å². The average molecular weight is 485 g/mol. The Morgan fingerprint density at radius 1 is 1.26 bits per heavy atom. The van der Waals surface area contributed by atoms with Crippen LogP contribution in [0.15, 0.2) is 53.7 Å². The number of aromatic nitrogens is 2. The molecular formula is C23H24N4O6S. The molecule has 1 aliphatic heterocycles. The Morgan fingerprint density at radius 2 is 2.03 bits per heavy atom. The highest BCUT2D eigenvalue weighted by molar-refractivity contribution is 7.99. The first kappa shape index (κ1) is 23.7. The van der Waals surface area contributed by atoms with Gasteiger partial charge in [0.2, 0.25) is 11.7 Å². The van der Waals surface area contributed by atoms with Gasteiger partial charge in [-0.2, -0.15) is 0 Å². The fourth-order valence-corrected chi connectivity index (χ4v) is 4.33. The second-order valence-corrected chi connectivity index (χ2v) is 8.91. The maximum atomic E-state index is 13.2. The highest BCUT2D eigenvalue weighted by atomic mass is 32.2. The zero-order chi connectivity index (χ0) is 24.2. The van der Waals surface area contributed by atoms with Gasteiger partial charge >= 0.3 is 6.09 Å². The molecule has 3 heterocycles. The molecule has 34 heavy (non-hydrogen) atoms. The number of benzene rings is 1. The van der Waals surface area contributed by atoms with Crippen LogP contribution in [0.3, 0.4) is 0 Å². The fraction of sp³-hybridized carbons (Fsp3) is 0.304. The maximum Gasteiger partial charge on any atom is 0.414 e. The Labute approximate surface area is 199 Å². The molecule has 0 aliphatic carbocycles. The summed E-state index contributed by atoms with van der Waals surface area (Å²) < 4.78 is 6.97. The number of ketones is 1. The van der Waals surface area contributed by atoms with E-state index in [-0.39, 0.29) is 24.8 Å². The zero-order valence-electron chi connectivity index (χ0n) is 18.4. The third-order valence-corrected chi connectivity index (χ3v) is 6.38. The summed E-state index contributed by atoms with van der Waals surface area (Å²) in [4.78, 5) is 43.0. The summed E-state index contributed by atoms with van der Waals surface area (Å²) >= 11 is 1.37. The van der Waals surface area contributed by atoms with Crippen LogP contribution in [0.2, 0.25) is 0 Å². The standard InChI is InChI=1S/C23H24N4O6S/c1-14(29)24-8-18-10-26(23(32)33-18)16-4-2-15(3-5-16)22(31)20-9-25-21-7-6-19(11-27(20)21)34-13-17(30)12-28/h2-7,9,11,17-18,28,30H,8,10,12-13H2,1H3,(H,24,29)/t17?,18-/m0/s1. The maximum absolute atomic E-state index is 13.2. The number of fused-ring (bicyclic) bond motifs is 1. The molecule has 0 spiro atoms. The molecule has 1 saturated heterocycles. The van der Waals surface area contributed by atoms with E-state index in [1.165, 1.54) is 29.8 Å². The largest absolute Gasteiger partial charge is 0.442 e. The van der Waals surface area contributed by atoms with E-state index >= 15 is 0 Å². The minimum absolute atomic E-state index is 0.196. The summed E-state index contributed by atoms with van der Waals surface area (Å²) in [7, 11) is 0. The number of pyridine rings is 1. The van der Waals surface area contributed by atoms with Crippen LogP contribution in [-0.4, -0.2) is 75.0 Å². The number of thioether (sulfide) groups is 1. The van der Waals surface area contributed by atoms with E-state index in [4.69, 9.17) is 9.84 Å². The van der Waals surface area contributed by atoms with Gasteiger partial charge < -0.3 is 20.3 Å². The van der Waals surface area contributed by atoms with Crippen LogP contribution in [0, 0.1) is 0 Å². The van der Waals surface area contributed by atoms with Crippen molar-refractivity contribution in [3.8, 4) is 0 Å². The molecule has 1 fully saturated rings. The van der Waals surface area contributed by atoms with Gasteiger partial charge in [-0.15, -0.1) is 11.8 Å². The van der Waals surface area contributed by atoms with E-state index in [1.54, 1.807) is 40.9 Å². The lowest BCUT2D eigenvalue weighted by Gasteiger charge is -2.13. The number of nitrogens with one attached hydrogen (secondary N) is 1. The molecule has 3 aromatic rings. The smallest absolute Gasteiger partial charge is 0.414 e. The number of cyclic esters (lactones) is 1. The molecule has 0 radical (unpaired) electrons. The van der Waals surface area contributed by atoms with Gasteiger partial charge in [0, 0.05) is 35.0 Å². The summed E-state index contributed by atoms with van der Waals surface area (Å²) in [6.45, 7) is 1.62. The molecule has 178 valence electrons. The summed E-state index contributed by atoms with van der Waals surface area (Å²) in [5.74, 6) is -0.103. The quantitative estimate of drug-likeness (QED) is 0.307. The Bertz CT molecular complexity index is 1210. The molecule has 4 rings (SSSR count). The third kappa shape index (κ3) is 5.22. The lowest BCUT2D eigenvalue weighted by Crippen LogP contribution is -2.33. The number of aliphatic hydroxyl groups is 2. The first-order valence-corrected chi connectivity index (χ1v) is 11.6. The van der Waals surface area contributed by atoms with Crippen LogP contribution in [0.4, 0.5) is 10.5 Å². The van der Waals surface area contributed by atoms with Crippen molar-refractivity contribution >= 4 is 40.9 Å². The van der Waals surface area contributed by atoms with Crippen molar-refractivity contribution < 1.29 is 29.3 Å². The second kappa shape index (κ2) is 10.2. The van der Waals surface area contributed by atoms with Crippen LogP contribution >= 0.6 is 11.8 Å². The van der Waals surface area contributed by atoms with Crippen molar-refractivity contribution in [3.63, 3.8) is 0 Å². The van der Waals surface area contributed by atoms with Crippen LogP contribution in [0.1, 0.15) is 23.0 Å². The molecule has 1 aliphatic rings. The molecule has 0 bridgehead atoms. The van der Waals surface area contributed by atoms with Crippen LogP contribution in [0.5, 0.6) is 0 Å². The fourth-order valence-electron chi connectivity index (χ4n) is 3.50. The summed E-state index contributed by atoms with van der Waals surface area (Å²) in [6.07, 6.45) is 1.51. The lowest BCUT2D eigenvalue weighted by atomic mass is 10.1. The number of nitrogens with zero attached hydrogens (tertiary/aromatic N) is 3. The van der Waals surface area contributed by atoms with Gasteiger partial charge in [-0.3, -0.25) is 18.9 Å². The van der Waals surface area contributed by atoms with Crippen molar-refractivity contribution in [2.24, 2.45) is 0 Å². The minimum Gasteiger partial charge on any atom is -0.442 e. The monoisotopic (exact) mass is 484 g/mol. The Balaban J connectivity index is 1.48. The van der Waals surface area contributed by atoms with Gasteiger partial charge in [-0.1, -0.05) is 0 Å². The molecule has 11 heteroatoms.